The standard InChI is InChI=1S/C10H16N2O5S/c1-18(16,17)5-3-8(12-10(14)15)6-7-2-4-11-9(7)13/h3,5,7-8,12H,2,4,6H2,1H3,(H,11,13)(H,14,15)/b5-3+/t7-,8?/m0/s1. The molecule has 0 bridgehead atoms. The predicted molar refractivity (Wildman–Crippen MR) is 64.7 cm³/mol. The summed E-state index contributed by atoms with van der Waals surface area (Å²) in [6.45, 7) is 0.569. The molecule has 1 saturated heterocycles. The molecule has 1 aliphatic rings. The molecule has 0 radical (unpaired) electrons. The molecule has 0 aromatic heterocycles. The van der Waals surface area contributed by atoms with E-state index in [2.05, 4.69) is 10.6 Å². The fourth-order valence-electron chi connectivity index (χ4n) is 1.76. The van der Waals surface area contributed by atoms with Crippen molar-refractivity contribution in [3.63, 3.8) is 0 Å². The first-order chi connectivity index (χ1) is 8.28. The third-order valence-corrected chi connectivity index (χ3v) is 3.22. The van der Waals surface area contributed by atoms with Crippen molar-refractivity contribution in [2.24, 2.45) is 5.92 Å². The van der Waals surface area contributed by atoms with Crippen LogP contribution in [0.4, 0.5) is 4.79 Å². The first-order valence-corrected chi connectivity index (χ1v) is 7.39. The van der Waals surface area contributed by atoms with Gasteiger partial charge in [-0.05, 0) is 12.8 Å². The van der Waals surface area contributed by atoms with Crippen LogP contribution in [0.15, 0.2) is 11.5 Å². The van der Waals surface area contributed by atoms with Gasteiger partial charge >= 0.3 is 6.09 Å². The smallest absolute Gasteiger partial charge is 0.405 e. The number of nitrogens with one attached hydrogen (secondary N) is 2. The van der Waals surface area contributed by atoms with Gasteiger partial charge in [0.2, 0.25) is 5.91 Å². The molecular weight excluding hydrogens is 260 g/mol. The molecule has 1 fully saturated rings. The Bertz CT molecular complexity index is 457. The monoisotopic (exact) mass is 276 g/mol. The summed E-state index contributed by atoms with van der Waals surface area (Å²) in [6, 6.07) is -0.689. The average molecular weight is 276 g/mol. The van der Waals surface area contributed by atoms with E-state index < -0.39 is 22.0 Å². The van der Waals surface area contributed by atoms with E-state index in [0.717, 1.165) is 11.7 Å². The summed E-state index contributed by atoms with van der Waals surface area (Å²) in [7, 11) is -3.32. The number of rotatable bonds is 5. The summed E-state index contributed by atoms with van der Waals surface area (Å²) in [4.78, 5) is 22.0. The normalized spacial score (nSPS) is 21.8. The molecule has 0 aromatic carbocycles. The molecule has 1 heterocycles. The molecule has 18 heavy (non-hydrogen) atoms. The van der Waals surface area contributed by atoms with Crippen LogP contribution >= 0.6 is 0 Å². The zero-order chi connectivity index (χ0) is 13.8. The maximum Gasteiger partial charge on any atom is 0.405 e. The Morgan fingerprint density at radius 1 is 1.67 bits per heavy atom. The molecule has 7 nitrogen and oxygen atoms in total. The summed E-state index contributed by atoms with van der Waals surface area (Å²) in [5.74, 6) is -0.411. The first-order valence-electron chi connectivity index (χ1n) is 5.43. The summed E-state index contributed by atoms with van der Waals surface area (Å²) >= 11 is 0. The number of amides is 2. The van der Waals surface area contributed by atoms with Crippen molar-refractivity contribution in [1.29, 1.82) is 0 Å². The number of hydrogen-bond acceptors (Lipinski definition) is 4. The summed E-state index contributed by atoms with van der Waals surface area (Å²) in [6.07, 6.45) is 1.91. The van der Waals surface area contributed by atoms with Crippen molar-refractivity contribution in [2.75, 3.05) is 12.8 Å². The fourth-order valence-corrected chi connectivity index (χ4v) is 2.23. The minimum Gasteiger partial charge on any atom is -0.465 e. The van der Waals surface area contributed by atoms with Gasteiger partial charge in [0.15, 0.2) is 9.84 Å². The van der Waals surface area contributed by atoms with Crippen LogP contribution in [-0.4, -0.2) is 44.4 Å². The molecule has 3 N–H and O–H groups in total. The number of hydrogen-bond donors (Lipinski definition) is 3. The van der Waals surface area contributed by atoms with Crippen LogP contribution in [-0.2, 0) is 14.6 Å². The zero-order valence-electron chi connectivity index (χ0n) is 9.92. The number of carbonyl (C=O) groups excluding carboxylic acids is 1. The minimum absolute atomic E-state index is 0.125. The van der Waals surface area contributed by atoms with Crippen molar-refractivity contribution >= 4 is 21.8 Å². The second-order valence-electron chi connectivity index (χ2n) is 4.23. The van der Waals surface area contributed by atoms with Gasteiger partial charge in [-0.15, -0.1) is 0 Å². The van der Waals surface area contributed by atoms with E-state index in [4.69, 9.17) is 5.11 Å². The van der Waals surface area contributed by atoms with Gasteiger partial charge in [-0.25, -0.2) is 13.2 Å². The second kappa shape index (κ2) is 5.85. The highest BCUT2D eigenvalue weighted by atomic mass is 32.2. The lowest BCUT2D eigenvalue weighted by Gasteiger charge is -2.15. The predicted octanol–water partition coefficient (Wildman–Crippen LogP) is -0.293. The minimum atomic E-state index is -3.32. The molecule has 1 unspecified atom stereocenters. The van der Waals surface area contributed by atoms with Crippen LogP contribution in [0.25, 0.3) is 0 Å². The van der Waals surface area contributed by atoms with E-state index in [1.165, 1.54) is 6.08 Å². The van der Waals surface area contributed by atoms with Gasteiger partial charge < -0.3 is 15.7 Å². The van der Waals surface area contributed by atoms with E-state index in [9.17, 15) is 18.0 Å². The first kappa shape index (κ1) is 14.5. The van der Waals surface area contributed by atoms with Crippen molar-refractivity contribution in [3.05, 3.63) is 11.5 Å². The van der Waals surface area contributed by atoms with Crippen molar-refractivity contribution < 1.29 is 23.1 Å². The molecule has 2 amide bonds. The average Bonchev–Trinajstić information content (AvgIpc) is 2.59. The van der Waals surface area contributed by atoms with Gasteiger partial charge in [-0.3, -0.25) is 4.79 Å². The molecule has 8 heteroatoms. The number of sulfone groups is 1. The number of carbonyl (C=O) groups is 2. The molecule has 1 rings (SSSR count). The molecule has 2 atom stereocenters. The van der Waals surface area contributed by atoms with Crippen LogP contribution in [0.3, 0.4) is 0 Å². The van der Waals surface area contributed by atoms with Crippen molar-refractivity contribution in [2.45, 2.75) is 18.9 Å². The van der Waals surface area contributed by atoms with Gasteiger partial charge in [0.05, 0.1) is 6.04 Å². The Labute approximate surface area is 105 Å². The Kier molecular flexibility index (Phi) is 4.71. The van der Waals surface area contributed by atoms with Crippen LogP contribution < -0.4 is 10.6 Å². The Hall–Kier alpha value is -1.57. The van der Waals surface area contributed by atoms with E-state index >= 15 is 0 Å². The molecular formula is C10H16N2O5S. The molecule has 0 spiro atoms. The molecule has 102 valence electrons. The van der Waals surface area contributed by atoms with Gasteiger partial charge in [0, 0.05) is 24.1 Å². The maximum atomic E-state index is 11.4. The lowest BCUT2D eigenvalue weighted by molar-refractivity contribution is -0.122. The lowest BCUT2D eigenvalue weighted by atomic mass is 9.98. The second-order valence-corrected chi connectivity index (χ2v) is 6.16. The van der Waals surface area contributed by atoms with Gasteiger partial charge in [0.25, 0.3) is 0 Å². The van der Waals surface area contributed by atoms with Crippen LogP contribution in [0, 0.1) is 5.92 Å². The molecule has 0 saturated carbocycles. The zero-order valence-corrected chi connectivity index (χ0v) is 10.7. The number of carboxylic acid groups (broad SMARTS) is 1. The highest BCUT2D eigenvalue weighted by Crippen LogP contribution is 2.16. The van der Waals surface area contributed by atoms with E-state index in [-0.39, 0.29) is 18.2 Å². The Morgan fingerprint density at radius 3 is 2.78 bits per heavy atom. The van der Waals surface area contributed by atoms with E-state index in [0.29, 0.717) is 13.0 Å². The van der Waals surface area contributed by atoms with Gasteiger partial charge in [0.1, 0.15) is 0 Å². The highest BCUT2D eigenvalue weighted by Gasteiger charge is 2.27. The SMILES string of the molecule is CS(=O)(=O)/C=C/C(C[C@@H]1CCNC1=O)NC(=O)O. The van der Waals surface area contributed by atoms with Gasteiger partial charge in [-0.1, -0.05) is 6.08 Å². The van der Waals surface area contributed by atoms with Gasteiger partial charge in [-0.2, -0.15) is 0 Å². The largest absolute Gasteiger partial charge is 0.465 e. The van der Waals surface area contributed by atoms with Crippen molar-refractivity contribution in [3.8, 4) is 0 Å². The quantitative estimate of drug-likeness (QED) is 0.638. The lowest BCUT2D eigenvalue weighted by Crippen LogP contribution is -2.35. The van der Waals surface area contributed by atoms with E-state index in [1.807, 2.05) is 0 Å². The molecule has 1 aliphatic heterocycles. The fraction of sp³-hybridized carbons (Fsp3) is 0.600. The van der Waals surface area contributed by atoms with Crippen LogP contribution in [0.2, 0.25) is 0 Å². The summed E-state index contributed by atoms with van der Waals surface area (Å²) in [5.41, 5.74) is 0. The molecule has 0 aromatic rings. The summed E-state index contributed by atoms with van der Waals surface area (Å²) in [5, 5.41) is 14.4. The van der Waals surface area contributed by atoms with Crippen molar-refractivity contribution in [1.82, 2.24) is 10.6 Å². The third-order valence-electron chi connectivity index (χ3n) is 2.57. The maximum absolute atomic E-state index is 11.4. The van der Waals surface area contributed by atoms with E-state index in [1.54, 1.807) is 0 Å². The third kappa shape index (κ3) is 5.17. The molecule has 0 aliphatic carbocycles. The van der Waals surface area contributed by atoms with Crippen LogP contribution in [0.1, 0.15) is 12.8 Å². The Morgan fingerprint density at radius 2 is 2.33 bits per heavy atom. The topological polar surface area (TPSA) is 113 Å². The highest BCUT2D eigenvalue weighted by molar-refractivity contribution is 7.93. The summed E-state index contributed by atoms with van der Waals surface area (Å²) < 4.78 is 22.0. The van der Waals surface area contributed by atoms with Crippen LogP contribution in [0.5, 0.6) is 0 Å². The Balaban J connectivity index is 2.69.